The molecular weight excluding hydrogens is 466 g/mol. The third-order valence-electron chi connectivity index (χ3n) is 6.09. The standard InChI is InChI=1S/C28H28ClNO5/c29-24-16-22(17-26-28(24)35-13-12-34-26)18-27(31)30-8-9-32-10-11-33-25-7-2-1-6-23(25)15-20-4-3-5-21(14-20)19-30/h1-7,14,16-17H,8-13,15,18-19H2. The highest BCUT2D eigenvalue weighted by Crippen LogP contribution is 2.38. The lowest BCUT2D eigenvalue weighted by Crippen LogP contribution is -2.35. The van der Waals surface area contributed by atoms with Crippen LogP contribution < -0.4 is 14.2 Å². The van der Waals surface area contributed by atoms with Gasteiger partial charge in [0.2, 0.25) is 5.91 Å². The molecule has 2 heterocycles. The lowest BCUT2D eigenvalue weighted by Gasteiger charge is -2.25. The molecule has 0 aliphatic carbocycles. The summed E-state index contributed by atoms with van der Waals surface area (Å²) in [6.45, 7) is 3.27. The molecule has 0 radical (unpaired) electrons. The van der Waals surface area contributed by atoms with Crippen molar-refractivity contribution in [1.29, 1.82) is 0 Å². The Morgan fingerprint density at radius 3 is 2.57 bits per heavy atom. The first-order chi connectivity index (χ1) is 17.2. The maximum Gasteiger partial charge on any atom is 0.227 e. The van der Waals surface area contributed by atoms with Gasteiger partial charge in [0.05, 0.1) is 24.7 Å². The Kier molecular flexibility index (Phi) is 7.40. The van der Waals surface area contributed by atoms with Gasteiger partial charge in [0, 0.05) is 19.5 Å². The van der Waals surface area contributed by atoms with Crippen molar-refractivity contribution in [2.75, 3.05) is 39.6 Å². The number of halogens is 1. The van der Waals surface area contributed by atoms with E-state index in [2.05, 4.69) is 24.3 Å². The van der Waals surface area contributed by atoms with Crippen LogP contribution in [0.1, 0.15) is 22.3 Å². The lowest BCUT2D eigenvalue weighted by atomic mass is 10.0. The lowest BCUT2D eigenvalue weighted by molar-refractivity contribution is -0.131. The van der Waals surface area contributed by atoms with Gasteiger partial charge in [-0.15, -0.1) is 0 Å². The number of carbonyl (C=O) groups is 1. The van der Waals surface area contributed by atoms with Crippen LogP contribution in [0.15, 0.2) is 60.7 Å². The topological polar surface area (TPSA) is 57.2 Å². The zero-order valence-electron chi connectivity index (χ0n) is 19.5. The van der Waals surface area contributed by atoms with Crippen LogP contribution in [0.3, 0.4) is 0 Å². The zero-order chi connectivity index (χ0) is 24.0. The molecule has 3 aromatic carbocycles. The van der Waals surface area contributed by atoms with Crippen molar-refractivity contribution in [3.05, 3.63) is 87.9 Å². The number of hydrogen-bond donors (Lipinski definition) is 0. The van der Waals surface area contributed by atoms with Crippen molar-refractivity contribution in [3.8, 4) is 17.2 Å². The second-order valence-corrected chi connectivity index (χ2v) is 9.07. The quantitative estimate of drug-likeness (QED) is 0.518. The fourth-order valence-corrected chi connectivity index (χ4v) is 4.69. The number of para-hydroxylation sites is 1. The summed E-state index contributed by atoms with van der Waals surface area (Å²) in [5, 5.41) is 0.460. The molecule has 6 nitrogen and oxygen atoms in total. The molecule has 0 spiro atoms. The maximum atomic E-state index is 13.4. The van der Waals surface area contributed by atoms with E-state index in [-0.39, 0.29) is 12.3 Å². The summed E-state index contributed by atoms with van der Waals surface area (Å²) >= 11 is 6.39. The number of amides is 1. The van der Waals surface area contributed by atoms with E-state index < -0.39 is 0 Å². The van der Waals surface area contributed by atoms with Crippen molar-refractivity contribution in [3.63, 3.8) is 0 Å². The molecule has 2 aliphatic rings. The Hall–Kier alpha value is -3.22. The molecule has 2 bridgehead atoms. The highest BCUT2D eigenvalue weighted by atomic mass is 35.5. The molecule has 0 fully saturated rings. The van der Waals surface area contributed by atoms with E-state index in [0.29, 0.717) is 62.6 Å². The number of carbonyl (C=O) groups excluding carboxylic acids is 1. The normalized spacial score (nSPS) is 16.0. The van der Waals surface area contributed by atoms with Gasteiger partial charge in [0.15, 0.2) is 11.5 Å². The van der Waals surface area contributed by atoms with Gasteiger partial charge in [-0.05, 0) is 40.5 Å². The van der Waals surface area contributed by atoms with Crippen LogP contribution in [-0.4, -0.2) is 50.4 Å². The summed E-state index contributed by atoms with van der Waals surface area (Å²) in [6, 6.07) is 20.1. The minimum Gasteiger partial charge on any atom is -0.491 e. The van der Waals surface area contributed by atoms with E-state index in [9.17, 15) is 4.79 Å². The summed E-state index contributed by atoms with van der Waals surface area (Å²) in [5.41, 5.74) is 4.18. The summed E-state index contributed by atoms with van der Waals surface area (Å²) in [5.74, 6) is 2.01. The first-order valence-corrected chi connectivity index (χ1v) is 12.3. The number of benzene rings is 3. The van der Waals surface area contributed by atoms with Crippen LogP contribution in [-0.2, 0) is 28.9 Å². The number of nitrogens with zero attached hydrogens (tertiary/aromatic N) is 1. The monoisotopic (exact) mass is 493 g/mol. The van der Waals surface area contributed by atoms with Crippen LogP contribution in [0.2, 0.25) is 5.02 Å². The summed E-state index contributed by atoms with van der Waals surface area (Å²) in [4.78, 5) is 15.2. The predicted octanol–water partition coefficient (Wildman–Crippen LogP) is 4.68. The molecule has 0 saturated heterocycles. The third kappa shape index (κ3) is 5.89. The van der Waals surface area contributed by atoms with Crippen LogP contribution in [0.4, 0.5) is 0 Å². The minimum atomic E-state index is 0.000405. The van der Waals surface area contributed by atoms with Gasteiger partial charge in [-0.1, -0.05) is 54.1 Å². The van der Waals surface area contributed by atoms with Crippen molar-refractivity contribution in [2.24, 2.45) is 0 Å². The van der Waals surface area contributed by atoms with Crippen molar-refractivity contribution >= 4 is 17.5 Å². The Labute approximate surface area is 210 Å². The molecule has 0 unspecified atom stereocenters. The minimum absolute atomic E-state index is 0.000405. The first kappa shape index (κ1) is 23.5. The third-order valence-corrected chi connectivity index (χ3v) is 6.37. The largest absolute Gasteiger partial charge is 0.491 e. The smallest absolute Gasteiger partial charge is 0.227 e. The second-order valence-electron chi connectivity index (χ2n) is 8.66. The molecule has 1 amide bonds. The second kappa shape index (κ2) is 11.0. The van der Waals surface area contributed by atoms with Gasteiger partial charge in [0.1, 0.15) is 25.6 Å². The number of rotatable bonds is 2. The van der Waals surface area contributed by atoms with Crippen LogP contribution in [0.5, 0.6) is 17.2 Å². The zero-order valence-corrected chi connectivity index (χ0v) is 20.3. The van der Waals surface area contributed by atoms with E-state index in [1.165, 1.54) is 5.56 Å². The predicted molar refractivity (Wildman–Crippen MR) is 134 cm³/mol. The number of ether oxygens (including phenoxy) is 4. The van der Waals surface area contributed by atoms with E-state index in [1.807, 2.05) is 35.2 Å². The van der Waals surface area contributed by atoms with Gasteiger partial charge < -0.3 is 23.8 Å². The molecule has 0 saturated carbocycles. The van der Waals surface area contributed by atoms with Crippen molar-refractivity contribution < 1.29 is 23.7 Å². The van der Waals surface area contributed by atoms with Gasteiger partial charge in [-0.25, -0.2) is 0 Å². The molecule has 35 heavy (non-hydrogen) atoms. The fraction of sp³-hybridized carbons (Fsp3) is 0.321. The van der Waals surface area contributed by atoms with E-state index in [4.69, 9.17) is 30.5 Å². The molecular formula is C28H28ClNO5. The maximum absolute atomic E-state index is 13.4. The summed E-state index contributed by atoms with van der Waals surface area (Å²) in [6.07, 6.45) is 0.973. The summed E-state index contributed by atoms with van der Waals surface area (Å²) < 4.78 is 23.0. The van der Waals surface area contributed by atoms with E-state index in [0.717, 1.165) is 28.9 Å². The molecule has 5 rings (SSSR count). The van der Waals surface area contributed by atoms with Crippen LogP contribution in [0, 0.1) is 0 Å². The highest BCUT2D eigenvalue weighted by molar-refractivity contribution is 6.32. The van der Waals surface area contributed by atoms with Gasteiger partial charge in [-0.2, -0.15) is 0 Å². The molecule has 3 aromatic rings. The summed E-state index contributed by atoms with van der Waals surface area (Å²) in [7, 11) is 0. The number of fused-ring (bicyclic) bond motifs is 4. The average Bonchev–Trinajstić information content (AvgIpc) is 2.86. The SMILES string of the molecule is O=C(Cc1cc(Cl)c2c(c1)OCCO2)N1CCOCCOc2ccccc2Cc2cccc(c2)C1. The van der Waals surface area contributed by atoms with Crippen molar-refractivity contribution in [2.45, 2.75) is 19.4 Å². The highest BCUT2D eigenvalue weighted by Gasteiger charge is 2.20. The van der Waals surface area contributed by atoms with Crippen molar-refractivity contribution in [1.82, 2.24) is 4.90 Å². The molecule has 0 aromatic heterocycles. The number of hydrogen-bond acceptors (Lipinski definition) is 5. The molecule has 0 N–H and O–H groups in total. The first-order valence-electron chi connectivity index (χ1n) is 11.9. The van der Waals surface area contributed by atoms with Gasteiger partial charge in [-0.3, -0.25) is 4.79 Å². The molecule has 2 aliphatic heterocycles. The molecule has 182 valence electrons. The molecule has 0 atom stereocenters. The van der Waals surface area contributed by atoms with E-state index >= 15 is 0 Å². The Morgan fingerprint density at radius 2 is 1.63 bits per heavy atom. The average molecular weight is 494 g/mol. The Balaban J connectivity index is 1.36. The Morgan fingerprint density at radius 1 is 0.829 bits per heavy atom. The van der Waals surface area contributed by atoms with Gasteiger partial charge in [0.25, 0.3) is 0 Å². The van der Waals surface area contributed by atoms with Crippen LogP contribution >= 0.6 is 11.6 Å². The Bertz CT molecular complexity index is 1200. The van der Waals surface area contributed by atoms with Crippen LogP contribution in [0.25, 0.3) is 0 Å². The molecule has 7 heteroatoms. The van der Waals surface area contributed by atoms with E-state index in [1.54, 1.807) is 6.07 Å². The fourth-order valence-electron chi connectivity index (χ4n) is 4.40. The van der Waals surface area contributed by atoms with Gasteiger partial charge >= 0.3 is 0 Å².